The lowest BCUT2D eigenvalue weighted by Crippen LogP contribution is -2.15. The van der Waals surface area contributed by atoms with E-state index in [1.165, 1.54) is 0 Å². The molecule has 3 N–H and O–H groups in total. The van der Waals surface area contributed by atoms with Crippen molar-refractivity contribution in [3.8, 4) is 0 Å². The second-order valence-electron chi connectivity index (χ2n) is 3.96. The third kappa shape index (κ3) is 3.47. The zero-order valence-corrected chi connectivity index (χ0v) is 12.7. The molecule has 1 heterocycles. The molecule has 21 heavy (non-hydrogen) atoms. The number of pyridine rings is 1. The highest BCUT2D eigenvalue weighted by Crippen LogP contribution is 2.27. The van der Waals surface area contributed by atoms with Gasteiger partial charge in [-0.1, -0.05) is 27.5 Å². The zero-order chi connectivity index (χ0) is 15.6. The van der Waals surface area contributed by atoms with Crippen LogP contribution in [0.2, 0.25) is 5.02 Å². The van der Waals surface area contributed by atoms with E-state index in [1.54, 1.807) is 18.2 Å². The first kappa shape index (κ1) is 15.2. The highest BCUT2D eigenvalue weighted by molar-refractivity contribution is 9.10. The van der Waals surface area contributed by atoms with Crippen LogP contribution < -0.4 is 11.1 Å². The minimum Gasteiger partial charge on any atom is -0.383 e. The predicted molar refractivity (Wildman–Crippen MR) is 82.4 cm³/mol. The van der Waals surface area contributed by atoms with E-state index in [2.05, 4.69) is 26.2 Å². The van der Waals surface area contributed by atoms with Crippen molar-refractivity contribution < 1.29 is 9.72 Å². The summed E-state index contributed by atoms with van der Waals surface area (Å²) < 4.78 is 0.752. The summed E-state index contributed by atoms with van der Waals surface area (Å²) in [5, 5.41) is 13.5. The number of nitrogens with two attached hydrogens (primary N) is 1. The van der Waals surface area contributed by atoms with Crippen LogP contribution in [0, 0.1) is 10.1 Å². The number of hydrogen-bond acceptors (Lipinski definition) is 5. The molecule has 0 saturated carbocycles. The number of hydrogen-bond donors (Lipinski definition) is 2. The zero-order valence-electron chi connectivity index (χ0n) is 10.3. The first-order valence-electron chi connectivity index (χ1n) is 5.55. The molecule has 0 atom stereocenters. The molecule has 0 unspecified atom stereocenters. The van der Waals surface area contributed by atoms with Crippen molar-refractivity contribution in [2.24, 2.45) is 0 Å². The van der Waals surface area contributed by atoms with Crippen LogP contribution in [0.4, 0.5) is 17.2 Å². The van der Waals surface area contributed by atoms with Crippen LogP contribution in [0.1, 0.15) is 10.4 Å². The monoisotopic (exact) mass is 370 g/mol. The number of rotatable bonds is 3. The maximum atomic E-state index is 12.1. The molecule has 108 valence electrons. The second-order valence-corrected chi connectivity index (χ2v) is 5.28. The first-order valence-corrected chi connectivity index (χ1v) is 6.72. The Balaban J connectivity index is 2.32. The van der Waals surface area contributed by atoms with Crippen molar-refractivity contribution in [2.75, 3.05) is 11.1 Å². The van der Waals surface area contributed by atoms with Crippen LogP contribution in [0.15, 0.2) is 34.9 Å². The van der Waals surface area contributed by atoms with Gasteiger partial charge in [0, 0.05) is 10.5 Å². The summed E-state index contributed by atoms with van der Waals surface area (Å²) in [6.07, 6.45) is 0.985. The number of carbonyl (C=O) groups excluding carboxylic acids is 1. The number of amides is 1. The van der Waals surface area contributed by atoms with Crippen molar-refractivity contribution in [1.29, 1.82) is 0 Å². The molecule has 2 rings (SSSR count). The van der Waals surface area contributed by atoms with E-state index < -0.39 is 10.8 Å². The third-order valence-electron chi connectivity index (χ3n) is 2.54. The van der Waals surface area contributed by atoms with Gasteiger partial charge < -0.3 is 11.1 Å². The molecule has 0 spiro atoms. The molecule has 1 aromatic carbocycles. The second kappa shape index (κ2) is 6.06. The molecule has 9 heteroatoms. The maximum absolute atomic E-state index is 12.1. The van der Waals surface area contributed by atoms with Gasteiger partial charge >= 0.3 is 0 Å². The minimum atomic E-state index is -0.657. The van der Waals surface area contributed by atoms with E-state index >= 15 is 0 Å². The Labute approximate surface area is 132 Å². The quantitative estimate of drug-likeness (QED) is 0.635. The molecule has 7 nitrogen and oxygen atoms in total. The summed E-state index contributed by atoms with van der Waals surface area (Å²) in [5.41, 5.74) is 5.51. The van der Waals surface area contributed by atoms with Crippen molar-refractivity contribution >= 4 is 50.6 Å². The number of carbonyl (C=O) groups is 1. The van der Waals surface area contributed by atoms with Crippen LogP contribution in [0.3, 0.4) is 0 Å². The summed E-state index contributed by atoms with van der Waals surface area (Å²) in [6, 6.07) is 5.94. The van der Waals surface area contributed by atoms with E-state index in [-0.39, 0.29) is 17.1 Å². The SMILES string of the molecule is Nc1ncc([N+](=O)[O-])cc1C(=O)Nc1ccc(Br)cc1Cl. The Hall–Kier alpha value is -2.19. The Kier molecular flexibility index (Phi) is 4.39. The van der Waals surface area contributed by atoms with Gasteiger partial charge in [-0.2, -0.15) is 0 Å². The third-order valence-corrected chi connectivity index (χ3v) is 3.34. The Morgan fingerprint density at radius 2 is 2.14 bits per heavy atom. The van der Waals surface area contributed by atoms with E-state index in [0.717, 1.165) is 16.7 Å². The fraction of sp³-hybridized carbons (Fsp3) is 0. The lowest BCUT2D eigenvalue weighted by molar-refractivity contribution is -0.385. The van der Waals surface area contributed by atoms with Gasteiger partial charge in [0.05, 0.1) is 21.2 Å². The average Bonchev–Trinajstić information content (AvgIpc) is 2.42. The number of nitrogen functional groups attached to an aromatic ring is 1. The number of nitrogens with zero attached hydrogens (tertiary/aromatic N) is 2. The van der Waals surface area contributed by atoms with Gasteiger partial charge in [-0.05, 0) is 18.2 Å². The van der Waals surface area contributed by atoms with Gasteiger partial charge in [-0.25, -0.2) is 4.98 Å². The number of nitrogens with one attached hydrogen (secondary N) is 1. The summed E-state index contributed by atoms with van der Waals surface area (Å²) in [6.45, 7) is 0. The van der Waals surface area contributed by atoms with E-state index in [1.807, 2.05) is 0 Å². The number of nitro groups is 1. The summed E-state index contributed by atoms with van der Waals surface area (Å²) >= 11 is 9.23. The molecule has 0 aliphatic rings. The van der Waals surface area contributed by atoms with Crippen molar-refractivity contribution in [3.05, 3.63) is 55.6 Å². The number of anilines is 2. The molecule has 1 aromatic heterocycles. The molecule has 0 aliphatic heterocycles. The van der Waals surface area contributed by atoms with Gasteiger partial charge in [0.15, 0.2) is 0 Å². The van der Waals surface area contributed by atoms with Crippen molar-refractivity contribution in [1.82, 2.24) is 4.98 Å². The van der Waals surface area contributed by atoms with Crippen LogP contribution in [0.5, 0.6) is 0 Å². The Morgan fingerprint density at radius 3 is 2.76 bits per heavy atom. The molecule has 1 amide bonds. The van der Waals surface area contributed by atoms with Gasteiger partial charge in [-0.15, -0.1) is 0 Å². The van der Waals surface area contributed by atoms with Crippen molar-refractivity contribution in [2.45, 2.75) is 0 Å². The van der Waals surface area contributed by atoms with E-state index in [0.29, 0.717) is 10.7 Å². The number of benzene rings is 1. The standard InChI is InChI=1S/C12H8BrClN4O3/c13-6-1-2-10(9(14)3-6)17-12(19)8-4-7(18(20)21)5-16-11(8)15/h1-5H,(H2,15,16)(H,17,19). The molecule has 0 saturated heterocycles. The van der Waals surface area contributed by atoms with Crippen LogP contribution in [-0.2, 0) is 0 Å². The summed E-state index contributed by atoms with van der Waals surface area (Å²) in [7, 11) is 0. The molecule has 2 aromatic rings. The topological polar surface area (TPSA) is 111 Å². The smallest absolute Gasteiger partial charge is 0.288 e. The molecular formula is C12H8BrClN4O3. The molecule has 0 fully saturated rings. The normalized spacial score (nSPS) is 10.2. The van der Waals surface area contributed by atoms with E-state index in [9.17, 15) is 14.9 Å². The first-order chi connectivity index (χ1) is 9.88. The van der Waals surface area contributed by atoms with Crippen LogP contribution >= 0.6 is 27.5 Å². The summed E-state index contributed by atoms with van der Waals surface area (Å²) in [4.78, 5) is 25.8. The minimum absolute atomic E-state index is 0.0943. The molecule has 0 radical (unpaired) electrons. The highest BCUT2D eigenvalue weighted by atomic mass is 79.9. The maximum Gasteiger partial charge on any atom is 0.288 e. The fourth-order valence-electron chi connectivity index (χ4n) is 1.53. The fourth-order valence-corrected chi connectivity index (χ4v) is 2.25. The average molecular weight is 372 g/mol. The largest absolute Gasteiger partial charge is 0.383 e. The summed E-state index contributed by atoms with van der Waals surface area (Å²) in [5.74, 6) is -0.737. The number of aromatic nitrogens is 1. The van der Waals surface area contributed by atoms with Crippen LogP contribution in [0.25, 0.3) is 0 Å². The van der Waals surface area contributed by atoms with Crippen LogP contribution in [-0.4, -0.2) is 15.8 Å². The lowest BCUT2D eigenvalue weighted by Gasteiger charge is -2.08. The van der Waals surface area contributed by atoms with Gasteiger partial charge in [0.2, 0.25) is 0 Å². The van der Waals surface area contributed by atoms with Crippen molar-refractivity contribution in [3.63, 3.8) is 0 Å². The van der Waals surface area contributed by atoms with Gasteiger partial charge in [0.25, 0.3) is 11.6 Å². The molecule has 0 aliphatic carbocycles. The van der Waals surface area contributed by atoms with Gasteiger partial charge in [0.1, 0.15) is 12.0 Å². The highest BCUT2D eigenvalue weighted by Gasteiger charge is 2.17. The van der Waals surface area contributed by atoms with Gasteiger partial charge in [-0.3, -0.25) is 14.9 Å². The Morgan fingerprint density at radius 1 is 1.43 bits per heavy atom. The lowest BCUT2D eigenvalue weighted by atomic mass is 10.2. The van der Waals surface area contributed by atoms with E-state index in [4.69, 9.17) is 17.3 Å². The molecular weight excluding hydrogens is 364 g/mol. The Bertz CT molecular complexity index is 738. The molecule has 0 bridgehead atoms. The predicted octanol–water partition coefficient (Wildman–Crippen LogP) is 3.24. The number of halogens is 2.